The number of fused-ring (bicyclic) bond motifs is 1. The number of para-hydroxylation sites is 1. The molecule has 0 aliphatic carbocycles. The van der Waals surface area contributed by atoms with E-state index in [1.165, 1.54) is 17.1 Å². The Labute approximate surface area is 210 Å². The minimum atomic E-state index is -0.214. The van der Waals surface area contributed by atoms with Gasteiger partial charge in [0.05, 0.1) is 0 Å². The molecule has 2 heterocycles. The molecule has 180 valence electrons. The summed E-state index contributed by atoms with van der Waals surface area (Å²) in [5, 5.41) is 4.91. The highest BCUT2D eigenvalue weighted by molar-refractivity contribution is 6.31. The van der Waals surface area contributed by atoms with E-state index in [2.05, 4.69) is 33.0 Å². The normalized spacial score (nSPS) is 14.9. The van der Waals surface area contributed by atoms with Crippen molar-refractivity contribution in [2.45, 2.75) is 32.9 Å². The molecule has 1 aromatic heterocycles. The first-order valence-electron chi connectivity index (χ1n) is 12.1. The summed E-state index contributed by atoms with van der Waals surface area (Å²) in [6.45, 7) is 5.05. The summed E-state index contributed by atoms with van der Waals surface area (Å²) in [6, 6.07) is 22.9. The van der Waals surface area contributed by atoms with Crippen LogP contribution in [0.2, 0.25) is 5.02 Å². The molecular formula is C29H29ClFN3O. The van der Waals surface area contributed by atoms with Gasteiger partial charge in [0.1, 0.15) is 5.82 Å². The number of aromatic nitrogens is 1. The van der Waals surface area contributed by atoms with Crippen LogP contribution >= 0.6 is 11.6 Å². The zero-order valence-corrected chi connectivity index (χ0v) is 20.6. The molecule has 0 unspecified atom stereocenters. The van der Waals surface area contributed by atoms with Crippen molar-refractivity contribution < 1.29 is 9.18 Å². The fourth-order valence-electron chi connectivity index (χ4n) is 4.96. The van der Waals surface area contributed by atoms with Crippen LogP contribution in [0.1, 0.15) is 29.7 Å². The smallest absolute Gasteiger partial charge is 0.227 e. The summed E-state index contributed by atoms with van der Waals surface area (Å²) < 4.78 is 16.1. The minimum Gasteiger partial charge on any atom is -0.339 e. The Balaban J connectivity index is 1.27. The van der Waals surface area contributed by atoms with Gasteiger partial charge in [-0.05, 0) is 85.8 Å². The third-order valence-electron chi connectivity index (χ3n) is 7.00. The lowest BCUT2D eigenvalue weighted by Crippen LogP contribution is -2.38. The number of likely N-dealkylation sites (tertiary alicyclic amines) is 1. The van der Waals surface area contributed by atoms with Gasteiger partial charge in [0, 0.05) is 40.9 Å². The first kappa shape index (κ1) is 23.6. The highest BCUT2D eigenvalue weighted by Crippen LogP contribution is 2.27. The number of anilines is 1. The Morgan fingerprint density at radius 2 is 1.77 bits per heavy atom. The maximum Gasteiger partial charge on any atom is 0.227 e. The lowest BCUT2D eigenvalue weighted by molar-refractivity contribution is -0.121. The summed E-state index contributed by atoms with van der Waals surface area (Å²) in [4.78, 5) is 15.3. The van der Waals surface area contributed by atoms with Crippen LogP contribution < -0.4 is 5.32 Å². The lowest BCUT2D eigenvalue weighted by atomic mass is 9.95. The highest BCUT2D eigenvalue weighted by atomic mass is 35.5. The number of carbonyl (C=O) groups excluding carboxylic acids is 1. The van der Waals surface area contributed by atoms with E-state index in [1.807, 2.05) is 43.3 Å². The summed E-state index contributed by atoms with van der Waals surface area (Å²) >= 11 is 6.20. The van der Waals surface area contributed by atoms with Crippen molar-refractivity contribution in [3.63, 3.8) is 0 Å². The van der Waals surface area contributed by atoms with Crippen molar-refractivity contribution in [3.05, 3.63) is 100 Å². The third kappa shape index (κ3) is 5.26. The molecule has 1 saturated heterocycles. The fourth-order valence-corrected chi connectivity index (χ4v) is 5.14. The van der Waals surface area contributed by atoms with Gasteiger partial charge in [0.25, 0.3) is 0 Å². The van der Waals surface area contributed by atoms with E-state index in [1.54, 1.807) is 12.1 Å². The van der Waals surface area contributed by atoms with Crippen molar-refractivity contribution >= 4 is 34.1 Å². The molecule has 0 saturated carbocycles. The molecule has 1 amide bonds. The van der Waals surface area contributed by atoms with E-state index in [-0.39, 0.29) is 17.6 Å². The number of nitrogens with one attached hydrogen (secondary N) is 1. The van der Waals surface area contributed by atoms with Gasteiger partial charge in [-0.3, -0.25) is 9.69 Å². The average molecular weight is 490 g/mol. The van der Waals surface area contributed by atoms with Gasteiger partial charge in [-0.15, -0.1) is 0 Å². The van der Waals surface area contributed by atoms with Crippen molar-refractivity contribution in [2.24, 2.45) is 5.92 Å². The summed E-state index contributed by atoms with van der Waals surface area (Å²) in [7, 11) is 0. The lowest BCUT2D eigenvalue weighted by Gasteiger charge is -2.31. The topological polar surface area (TPSA) is 37.3 Å². The molecule has 3 aromatic carbocycles. The standard InChI is InChI=1S/C29H29ClFN3O/c1-20-26(30)9-5-10-27(20)32-29(35)22-12-14-33(15-13-22)19-25-17-23-7-2-3-11-28(23)34(25)18-21-6-4-8-24(31)16-21/h2-11,16-17,22H,12-15,18-19H2,1H3,(H,32,35). The molecule has 1 aliphatic heterocycles. The molecule has 6 heteroatoms. The van der Waals surface area contributed by atoms with Crippen LogP contribution in [0.5, 0.6) is 0 Å². The quantitative estimate of drug-likeness (QED) is 0.329. The zero-order chi connectivity index (χ0) is 24.4. The fraction of sp³-hybridized carbons (Fsp3) is 0.276. The van der Waals surface area contributed by atoms with Crippen LogP contribution in [0.15, 0.2) is 72.8 Å². The van der Waals surface area contributed by atoms with Crippen LogP contribution in [-0.4, -0.2) is 28.5 Å². The van der Waals surface area contributed by atoms with Gasteiger partial charge in [0.15, 0.2) is 0 Å². The van der Waals surface area contributed by atoms with E-state index in [9.17, 15) is 9.18 Å². The number of piperidine rings is 1. The van der Waals surface area contributed by atoms with Crippen molar-refractivity contribution in [1.82, 2.24) is 9.47 Å². The maximum absolute atomic E-state index is 13.8. The second-order valence-corrected chi connectivity index (χ2v) is 9.77. The number of amides is 1. The van der Waals surface area contributed by atoms with Crippen molar-refractivity contribution in [2.75, 3.05) is 18.4 Å². The molecule has 0 spiro atoms. The number of hydrogen-bond donors (Lipinski definition) is 1. The molecule has 35 heavy (non-hydrogen) atoms. The van der Waals surface area contributed by atoms with E-state index >= 15 is 0 Å². The van der Waals surface area contributed by atoms with Gasteiger partial charge < -0.3 is 9.88 Å². The first-order valence-corrected chi connectivity index (χ1v) is 12.5. The minimum absolute atomic E-state index is 0.0113. The monoisotopic (exact) mass is 489 g/mol. The number of rotatable bonds is 6. The summed E-state index contributed by atoms with van der Waals surface area (Å²) in [5.41, 5.74) is 4.97. The van der Waals surface area contributed by atoms with Crippen LogP contribution in [-0.2, 0) is 17.9 Å². The Morgan fingerprint density at radius 3 is 2.57 bits per heavy atom. The van der Waals surface area contributed by atoms with E-state index in [4.69, 9.17) is 11.6 Å². The van der Waals surface area contributed by atoms with Crippen LogP contribution in [0, 0.1) is 18.7 Å². The molecule has 0 bridgehead atoms. The van der Waals surface area contributed by atoms with Gasteiger partial charge in [-0.2, -0.15) is 0 Å². The van der Waals surface area contributed by atoms with E-state index in [0.29, 0.717) is 11.6 Å². The zero-order valence-electron chi connectivity index (χ0n) is 19.8. The average Bonchev–Trinajstić information content (AvgIpc) is 3.19. The molecular weight excluding hydrogens is 461 g/mol. The Kier molecular flexibility index (Phi) is 6.89. The Morgan fingerprint density at radius 1 is 1.00 bits per heavy atom. The summed E-state index contributed by atoms with van der Waals surface area (Å²) in [5.74, 6) is -0.160. The SMILES string of the molecule is Cc1c(Cl)cccc1NC(=O)C1CCN(Cc2cc3ccccc3n2Cc2cccc(F)c2)CC1. The summed E-state index contributed by atoms with van der Waals surface area (Å²) in [6.07, 6.45) is 1.63. The van der Waals surface area contributed by atoms with Crippen molar-refractivity contribution in [1.29, 1.82) is 0 Å². The number of nitrogens with zero attached hydrogens (tertiary/aromatic N) is 2. The number of hydrogen-bond acceptors (Lipinski definition) is 2. The molecule has 5 rings (SSSR count). The highest BCUT2D eigenvalue weighted by Gasteiger charge is 2.26. The number of carbonyl (C=O) groups is 1. The maximum atomic E-state index is 13.8. The second-order valence-electron chi connectivity index (χ2n) is 9.36. The van der Waals surface area contributed by atoms with Gasteiger partial charge in [-0.1, -0.05) is 48.0 Å². The largest absolute Gasteiger partial charge is 0.339 e. The molecule has 1 fully saturated rings. The third-order valence-corrected chi connectivity index (χ3v) is 7.41. The van der Waals surface area contributed by atoms with Gasteiger partial charge >= 0.3 is 0 Å². The second kappa shape index (κ2) is 10.2. The molecule has 1 aliphatic rings. The molecule has 0 atom stereocenters. The van der Waals surface area contributed by atoms with Crippen LogP contribution in [0.3, 0.4) is 0 Å². The molecule has 0 radical (unpaired) electrons. The molecule has 4 aromatic rings. The Hall–Kier alpha value is -3.15. The first-order chi connectivity index (χ1) is 17.0. The van der Waals surface area contributed by atoms with Crippen molar-refractivity contribution in [3.8, 4) is 0 Å². The predicted octanol–water partition coefficient (Wildman–Crippen LogP) is 6.64. The molecule has 4 nitrogen and oxygen atoms in total. The van der Waals surface area contributed by atoms with Crippen LogP contribution in [0.25, 0.3) is 10.9 Å². The Bertz CT molecular complexity index is 1360. The number of halogens is 2. The van der Waals surface area contributed by atoms with Gasteiger partial charge in [-0.25, -0.2) is 4.39 Å². The molecule has 1 N–H and O–H groups in total. The predicted molar refractivity (Wildman–Crippen MR) is 140 cm³/mol. The van der Waals surface area contributed by atoms with Gasteiger partial charge in [0.2, 0.25) is 5.91 Å². The number of benzene rings is 3. The van der Waals surface area contributed by atoms with E-state index < -0.39 is 0 Å². The van der Waals surface area contributed by atoms with Crippen LogP contribution in [0.4, 0.5) is 10.1 Å². The van der Waals surface area contributed by atoms with E-state index in [0.717, 1.165) is 54.8 Å².